The van der Waals surface area contributed by atoms with Crippen molar-refractivity contribution in [3.8, 4) is 0 Å². The van der Waals surface area contributed by atoms with Gasteiger partial charge >= 0.3 is 12.1 Å². The lowest BCUT2D eigenvalue weighted by Gasteiger charge is -2.35. The Morgan fingerprint density at radius 1 is 1.22 bits per heavy atom. The molecule has 0 saturated carbocycles. The quantitative estimate of drug-likeness (QED) is 0.307. The van der Waals surface area contributed by atoms with Crippen molar-refractivity contribution >= 4 is 45.8 Å². The van der Waals surface area contributed by atoms with Crippen LogP contribution in [0.3, 0.4) is 0 Å². The lowest BCUT2D eigenvalue weighted by molar-refractivity contribution is -0.142. The zero-order chi connectivity index (χ0) is 27.1. The average Bonchev–Trinajstić information content (AvgIpc) is 3.17. The molecule has 0 unspecified atom stereocenters. The van der Waals surface area contributed by atoms with Crippen molar-refractivity contribution in [2.75, 3.05) is 20.2 Å². The molecule has 10 heteroatoms. The molecule has 37 heavy (non-hydrogen) atoms. The molecular formula is C27H28Cl2F3N3O2. The van der Waals surface area contributed by atoms with Gasteiger partial charge in [0.25, 0.3) is 0 Å². The maximum atomic E-state index is 13.4. The van der Waals surface area contributed by atoms with Crippen LogP contribution >= 0.6 is 23.2 Å². The second kappa shape index (κ2) is 10.6. The van der Waals surface area contributed by atoms with E-state index in [2.05, 4.69) is 16.6 Å². The highest BCUT2D eigenvalue weighted by Gasteiger charge is 2.32. The van der Waals surface area contributed by atoms with Crippen LogP contribution in [0, 0.1) is 12.8 Å². The monoisotopic (exact) mass is 553 g/mol. The molecular weight excluding hydrogens is 526 g/mol. The number of esters is 1. The molecule has 0 aliphatic carbocycles. The van der Waals surface area contributed by atoms with Gasteiger partial charge in [-0.2, -0.15) is 18.3 Å². The number of aromatic nitrogens is 2. The average molecular weight is 554 g/mol. The minimum absolute atomic E-state index is 0.199. The number of ether oxygens (including phenoxy) is 1. The van der Waals surface area contributed by atoms with Gasteiger partial charge in [-0.1, -0.05) is 29.8 Å². The molecule has 1 aromatic heterocycles. The number of fused-ring (bicyclic) bond motifs is 1. The molecule has 1 aliphatic rings. The van der Waals surface area contributed by atoms with Crippen molar-refractivity contribution in [2.24, 2.45) is 13.0 Å². The smallest absolute Gasteiger partial charge is 0.416 e. The molecule has 2 heterocycles. The fourth-order valence-corrected chi connectivity index (χ4v) is 5.63. The summed E-state index contributed by atoms with van der Waals surface area (Å²) in [6.45, 7) is 7.39. The normalized spacial score (nSPS) is 14.9. The molecule has 2 aromatic carbocycles. The number of piperidine rings is 1. The maximum Gasteiger partial charge on any atom is 0.416 e. The summed E-state index contributed by atoms with van der Waals surface area (Å²) in [4.78, 5) is 13.8. The van der Waals surface area contributed by atoms with Crippen LogP contribution < -0.4 is 0 Å². The number of alkyl halides is 3. The Balaban J connectivity index is 1.61. The van der Waals surface area contributed by atoms with Crippen LogP contribution in [0.4, 0.5) is 13.2 Å². The summed E-state index contributed by atoms with van der Waals surface area (Å²) in [7, 11) is 3.02. The van der Waals surface area contributed by atoms with Crippen molar-refractivity contribution in [3.63, 3.8) is 0 Å². The second-order valence-electron chi connectivity index (χ2n) is 9.48. The summed E-state index contributed by atoms with van der Waals surface area (Å²) in [5.41, 5.74) is 2.90. The predicted molar refractivity (Wildman–Crippen MR) is 140 cm³/mol. The second-order valence-corrected chi connectivity index (χ2v) is 10.3. The van der Waals surface area contributed by atoms with Gasteiger partial charge in [-0.3, -0.25) is 9.48 Å². The number of benzene rings is 2. The molecule has 0 spiro atoms. The molecule has 0 atom stereocenters. The van der Waals surface area contributed by atoms with E-state index in [4.69, 9.17) is 27.9 Å². The highest BCUT2D eigenvalue weighted by molar-refractivity contribution is 6.37. The molecule has 1 saturated heterocycles. The molecule has 0 amide bonds. The van der Waals surface area contributed by atoms with Gasteiger partial charge in [-0.05, 0) is 61.1 Å². The standard InChI is InChI=1S/C27H28Cl2F3N3O2/c1-15-11-18(27(30,31)32)13-23-25(15)22(33-34(23)3)14-20-21(28)6-5-19(26(20)29)16(2)35-9-7-17(8-10-35)12-24(36)37-4/h5-6,11,13,17H,2,7-10,12,14H2,1,3-4H3. The minimum Gasteiger partial charge on any atom is -0.469 e. The number of methoxy groups -OCH3 is 1. The van der Waals surface area contributed by atoms with Gasteiger partial charge in [-0.15, -0.1) is 0 Å². The summed E-state index contributed by atoms with van der Waals surface area (Å²) in [5, 5.41) is 6.06. The number of likely N-dealkylation sites (tertiary alicyclic amines) is 1. The number of aryl methyl sites for hydroxylation is 2. The first-order valence-corrected chi connectivity index (χ1v) is 12.7. The molecule has 0 radical (unpaired) electrons. The van der Waals surface area contributed by atoms with Crippen molar-refractivity contribution in [2.45, 2.75) is 38.8 Å². The van der Waals surface area contributed by atoms with E-state index in [9.17, 15) is 18.0 Å². The molecule has 5 nitrogen and oxygen atoms in total. The van der Waals surface area contributed by atoms with Gasteiger partial charge < -0.3 is 9.64 Å². The zero-order valence-electron chi connectivity index (χ0n) is 20.9. The van der Waals surface area contributed by atoms with Gasteiger partial charge in [0.15, 0.2) is 0 Å². The van der Waals surface area contributed by atoms with E-state index < -0.39 is 11.7 Å². The lowest BCUT2D eigenvalue weighted by Crippen LogP contribution is -2.33. The van der Waals surface area contributed by atoms with E-state index in [0.29, 0.717) is 44.2 Å². The van der Waals surface area contributed by atoms with E-state index in [-0.39, 0.29) is 18.3 Å². The lowest BCUT2D eigenvalue weighted by atomic mass is 9.92. The van der Waals surface area contributed by atoms with Gasteiger partial charge in [-0.25, -0.2) is 0 Å². The number of rotatable bonds is 6. The van der Waals surface area contributed by atoms with E-state index in [0.717, 1.165) is 49.3 Å². The van der Waals surface area contributed by atoms with Gasteiger partial charge in [0, 0.05) is 54.6 Å². The molecule has 0 N–H and O–H groups in total. The first kappa shape index (κ1) is 27.3. The number of carbonyl (C=O) groups excluding carboxylic acids is 1. The third-order valence-electron chi connectivity index (χ3n) is 7.07. The minimum atomic E-state index is -4.45. The van der Waals surface area contributed by atoms with Crippen LogP contribution in [0.15, 0.2) is 30.8 Å². The van der Waals surface area contributed by atoms with Gasteiger partial charge in [0.1, 0.15) is 0 Å². The van der Waals surface area contributed by atoms with E-state index in [1.54, 1.807) is 20.0 Å². The number of hydrogen-bond donors (Lipinski definition) is 0. The largest absolute Gasteiger partial charge is 0.469 e. The number of halogens is 5. The third kappa shape index (κ3) is 5.60. The Morgan fingerprint density at radius 2 is 1.89 bits per heavy atom. The summed E-state index contributed by atoms with van der Waals surface area (Å²) < 4.78 is 46.3. The first-order valence-electron chi connectivity index (χ1n) is 11.9. The Hall–Kier alpha value is -2.71. The van der Waals surface area contributed by atoms with Crippen LogP contribution in [0.25, 0.3) is 16.6 Å². The number of nitrogens with zero attached hydrogens (tertiary/aromatic N) is 3. The highest BCUT2D eigenvalue weighted by Crippen LogP contribution is 2.38. The fraction of sp³-hybridized carbons (Fsp3) is 0.407. The molecule has 3 aromatic rings. The molecule has 0 bridgehead atoms. The summed E-state index contributed by atoms with van der Waals surface area (Å²) in [6, 6.07) is 5.84. The molecule has 4 rings (SSSR count). The van der Waals surface area contributed by atoms with Crippen molar-refractivity contribution in [3.05, 3.63) is 68.8 Å². The van der Waals surface area contributed by atoms with Crippen LogP contribution in [0.2, 0.25) is 10.0 Å². The topological polar surface area (TPSA) is 47.4 Å². The Labute approximate surface area is 223 Å². The van der Waals surface area contributed by atoms with Crippen LogP contribution in [0.5, 0.6) is 0 Å². The molecule has 1 aliphatic heterocycles. The summed E-state index contributed by atoms with van der Waals surface area (Å²) in [5.74, 6) is 0.0702. The van der Waals surface area contributed by atoms with Gasteiger partial charge in [0.2, 0.25) is 0 Å². The number of hydrogen-bond acceptors (Lipinski definition) is 4. The summed E-state index contributed by atoms with van der Waals surface area (Å²) >= 11 is 13.4. The van der Waals surface area contributed by atoms with E-state index in [1.165, 1.54) is 11.8 Å². The number of carbonyl (C=O) groups is 1. The predicted octanol–water partition coefficient (Wildman–Crippen LogP) is 7.04. The van der Waals surface area contributed by atoms with Crippen LogP contribution in [0.1, 0.15) is 47.2 Å². The first-order chi connectivity index (χ1) is 17.4. The third-order valence-corrected chi connectivity index (χ3v) is 7.86. The summed E-state index contributed by atoms with van der Waals surface area (Å²) in [6.07, 6.45) is -2.11. The maximum absolute atomic E-state index is 13.4. The Bertz CT molecular complexity index is 1360. The Morgan fingerprint density at radius 3 is 2.51 bits per heavy atom. The Kier molecular flexibility index (Phi) is 7.81. The SMILES string of the molecule is C=C(c1ccc(Cl)c(Cc2nn(C)c3cc(C(F)(F)F)cc(C)c23)c1Cl)N1CCC(CC(=O)OC)CC1. The molecule has 1 fully saturated rings. The fourth-order valence-electron chi connectivity index (χ4n) is 5.02. The van der Waals surface area contributed by atoms with Crippen molar-refractivity contribution in [1.82, 2.24) is 14.7 Å². The van der Waals surface area contributed by atoms with E-state index >= 15 is 0 Å². The van der Waals surface area contributed by atoms with Crippen molar-refractivity contribution < 1.29 is 22.7 Å². The zero-order valence-corrected chi connectivity index (χ0v) is 22.4. The van der Waals surface area contributed by atoms with Crippen molar-refractivity contribution in [1.29, 1.82) is 0 Å². The van der Waals surface area contributed by atoms with Crippen LogP contribution in [-0.4, -0.2) is 40.8 Å². The van der Waals surface area contributed by atoms with E-state index in [1.807, 2.05) is 6.07 Å². The van der Waals surface area contributed by atoms with Gasteiger partial charge in [0.05, 0.1) is 28.9 Å². The molecule has 198 valence electrons. The highest BCUT2D eigenvalue weighted by atomic mass is 35.5. The van der Waals surface area contributed by atoms with Crippen LogP contribution in [-0.2, 0) is 29.2 Å².